The molecule has 3 aromatic rings. The minimum absolute atomic E-state index is 0.0683. The molecule has 0 spiro atoms. The van der Waals surface area contributed by atoms with E-state index in [1.807, 2.05) is 54.6 Å². The second kappa shape index (κ2) is 10.2. The Balaban J connectivity index is 1.42. The molecule has 0 aliphatic rings. The Hall–Kier alpha value is -3.41. The van der Waals surface area contributed by atoms with E-state index in [1.165, 1.54) is 12.1 Å². The number of nitrogens with one attached hydrogen (secondary N) is 1. The molecule has 1 N–H and O–H groups in total. The van der Waals surface area contributed by atoms with Crippen molar-refractivity contribution < 1.29 is 23.0 Å². The van der Waals surface area contributed by atoms with Crippen LogP contribution in [0.15, 0.2) is 78.9 Å². The van der Waals surface area contributed by atoms with E-state index in [-0.39, 0.29) is 18.1 Å². The van der Waals surface area contributed by atoms with E-state index in [9.17, 15) is 13.6 Å². The van der Waals surface area contributed by atoms with Gasteiger partial charge in [-0.15, -0.1) is 0 Å². The Kier molecular flexibility index (Phi) is 7.16. The molecular formula is C23H21F2NO3. The van der Waals surface area contributed by atoms with Crippen molar-refractivity contribution in [3.05, 3.63) is 95.6 Å². The van der Waals surface area contributed by atoms with Gasteiger partial charge in [0.05, 0.1) is 6.42 Å². The smallest absolute Gasteiger partial charge is 0.387 e. The van der Waals surface area contributed by atoms with E-state index >= 15 is 0 Å². The van der Waals surface area contributed by atoms with E-state index in [1.54, 1.807) is 12.1 Å². The predicted molar refractivity (Wildman–Crippen MR) is 106 cm³/mol. The summed E-state index contributed by atoms with van der Waals surface area (Å²) in [6.45, 7) is -1.97. The third-order valence-electron chi connectivity index (χ3n) is 4.17. The maximum atomic E-state index is 12.1. The van der Waals surface area contributed by atoms with Crippen LogP contribution in [0.4, 0.5) is 8.78 Å². The van der Waals surface area contributed by atoms with Crippen LogP contribution in [-0.4, -0.2) is 12.5 Å². The summed E-state index contributed by atoms with van der Waals surface area (Å²) in [5, 5.41) is 2.84. The van der Waals surface area contributed by atoms with Gasteiger partial charge in [0.1, 0.15) is 18.1 Å². The third kappa shape index (κ3) is 6.92. The standard InChI is InChI=1S/C23H21F2NO3/c24-23(25)29-21-12-6-17(7-13-21)14-22(27)26-15-18-8-10-20(11-9-18)28-16-19-4-2-1-3-5-19/h1-13,23H,14-16H2,(H,26,27). The summed E-state index contributed by atoms with van der Waals surface area (Å²) in [5.74, 6) is 0.672. The number of hydrogen-bond acceptors (Lipinski definition) is 3. The van der Waals surface area contributed by atoms with Gasteiger partial charge in [0, 0.05) is 6.54 Å². The lowest BCUT2D eigenvalue weighted by molar-refractivity contribution is -0.120. The van der Waals surface area contributed by atoms with Crippen molar-refractivity contribution in [2.45, 2.75) is 26.2 Å². The Morgan fingerprint density at radius 1 is 0.793 bits per heavy atom. The highest BCUT2D eigenvalue weighted by atomic mass is 19.3. The zero-order valence-corrected chi connectivity index (χ0v) is 15.7. The maximum Gasteiger partial charge on any atom is 0.387 e. The lowest BCUT2D eigenvalue weighted by Gasteiger charge is -2.09. The van der Waals surface area contributed by atoms with Gasteiger partial charge in [-0.2, -0.15) is 8.78 Å². The molecule has 0 bridgehead atoms. The van der Waals surface area contributed by atoms with Crippen molar-refractivity contribution in [3.63, 3.8) is 0 Å². The van der Waals surface area contributed by atoms with E-state index in [0.717, 1.165) is 16.9 Å². The Morgan fingerprint density at radius 3 is 2.07 bits per heavy atom. The van der Waals surface area contributed by atoms with Crippen molar-refractivity contribution >= 4 is 5.91 Å². The first-order chi connectivity index (χ1) is 14.1. The van der Waals surface area contributed by atoms with E-state index in [4.69, 9.17) is 4.74 Å². The van der Waals surface area contributed by atoms with Crippen molar-refractivity contribution in [1.29, 1.82) is 0 Å². The van der Waals surface area contributed by atoms with Gasteiger partial charge in [0.25, 0.3) is 0 Å². The highest BCUT2D eigenvalue weighted by molar-refractivity contribution is 5.78. The topological polar surface area (TPSA) is 47.6 Å². The molecule has 0 heterocycles. The van der Waals surface area contributed by atoms with Crippen LogP contribution in [0, 0.1) is 0 Å². The number of carbonyl (C=O) groups excluding carboxylic acids is 1. The molecule has 0 aliphatic heterocycles. The number of alkyl halides is 2. The molecule has 0 aromatic heterocycles. The van der Waals surface area contributed by atoms with Gasteiger partial charge >= 0.3 is 6.61 Å². The van der Waals surface area contributed by atoms with Crippen LogP contribution in [0.2, 0.25) is 0 Å². The van der Waals surface area contributed by atoms with Crippen LogP contribution in [-0.2, 0) is 24.4 Å². The van der Waals surface area contributed by atoms with E-state index in [0.29, 0.717) is 18.7 Å². The minimum atomic E-state index is -2.86. The summed E-state index contributed by atoms with van der Waals surface area (Å²) in [6, 6.07) is 23.5. The number of amides is 1. The fourth-order valence-corrected chi connectivity index (χ4v) is 2.68. The van der Waals surface area contributed by atoms with Crippen LogP contribution in [0.5, 0.6) is 11.5 Å². The minimum Gasteiger partial charge on any atom is -0.489 e. The highest BCUT2D eigenvalue weighted by Crippen LogP contribution is 2.16. The van der Waals surface area contributed by atoms with Gasteiger partial charge in [0.15, 0.2) is 0 Å². The average molecular weight is 397 g/mol. The van der Waals surface area contributed by atoms with Crippen molar-refractivity contribution in [3.8, 4) is 11.5 Å². The third-order valence-corrected chi connectivity index (χ3v) is 4.17. The molecule has 1 amide bonds. The number of hydrogen-bond donors (Lipinski definition) is 1. The zero-order valence-electron chi connectivity index (χ0n) is 15.7. The molecule has 0 atom stereocenters. The molecule has 6 heteroatoms. The van der Waals surface area contributed by atoms with E-state index in [2.05, 4.69) is 10.1 Å². The number of ether oxygens (including phenoxy) is 2. The van der Waals surface area contributed by atoms with Crippen LogP contribution < -0.4 is 14.8 Å². The van der Waals surface area contributed by atoms with Crippen LogP contribution in [0.3, 0.4) is 0 Å². The largest absolute Gasteiger partial charge is 0.489 e. The number of carbonyl (C=O) groups is 1. The Morgan fingerprint density at radius 2 is 1.41 bits per heavy atom. The molecule has 4 nitrogen and oxygen atoms in total. The summed E-state index contributed by atoms with van der Waals surface area (Å²) in [6.07, 6.45) is 0.160. The molecule has 0 saturated carbocycles. The summed E-state index contributed by atoms with van der Waals surface area (Å²) < 4.78 is 34.3. The van der Waals surface area contributed by atoms with Gasteiger partial charge in [-0.25, -0.2) is 0 Å². The second-order valence-electron chi connectivity index (χ2n) is 6.39. The molecular weight excluding hydrogens is 376 g/mol. The van der Waals surface area contributed by atoms with Crippen molar-refractivity contribution in [2.75, 3.05) is 0 Å². The quantitative estimate of drug-likeness (QED) is 0.568. The first-order valence-corrected chi connectivity index (χ1v) is 9.14. The lowest BCUT2D eigenvalue weighted by Crippen LogP contribution is -2.24. The van der Waals surface area contributed by atoms with Crippen molar-refractivity contribution in [2.24, 2.45) is 0 Å². The Bertz CT molecular complexity index is 898. The highest BCUT2D eigenvalue weighted by Gasteiger charge is 2.07. The SMILES string of the molecule is O=C(Cc1ccc(OC(F)F)cc1)NCc1ccc(OCc2ccccc2)cc1. The summed E-state index contributed by atoms with van der Waals surface area (Å²) in [5.41, 5.74) is 2.76. The molecule has 0 saturated heterocycles. The van der Waals surface area contributed by atoms with Gasteiger partial charge in [-0.05, 0) is 41.0 Å². The molecule has 0 radical (unpaired) electrons. The van der Waals surface area contributed by atoms with Gasteiger partial charge in [0.2, 0.25) is 5.91 Å². The normalized spacial score (nSPS) is 10.6. The van der Waals surface area contributed by atoms with Gasteiger partial charge in [-0.1, -0.05) is 54.6 Å². The zero-order chi connectivity index (χ0) is 20.5. The Labute approximate surface area is 168 Å². The molecule has 150 valence electrons. The number of rotatable bonds is 9. The molecule has 0 fully saturated rings. The number of halogens is 2. The lowest BCUT2D eigenvalue weighted by atomic mass is 10.1. The predicted octanol–water partition coefficient (Wildman–Crippen LogP) is 4.73. The maximum absolute atomic E-state index is 12.1. The first-order valence-electron chi connectivity index (χ1n) is 9.14. The molecule has 0 unspecified atom stereocenters. The summed E-state index contributed by atoms with van der Waals surface area (Å²) in [7, 11) is 0. The van der Waals surface area contributed by atoms with Crippen molar-refractivity contribution in [1.82, 2.24) is 5.32 Å². The molecule has 29 heavy (non-hydrogen) atoms. The van der Waals surface area contributed by atoms with Gasteiger partial charge < -0.3 is 14.8 Å². The van der Waals surface area contributed by atoms with Crippen LogP contribution in [0.1, 0.15) is 16.7 Å². The summed E-state index contributed by atoms with van der Waals surface area (Å²) in [4.78, 5) is 12.1. The van der Waals surface area contributed by atoms with E-state index < -0.39 is 6.61 Å². The molecule has 0 aliphatic carbocycles. The second-order valence-corrected chi connectivity index (χ2v) is 6.39. The monoisotopic (exact) mass is 397 g/mol. The first kappa shape index (κ1) is 20.3. The van der Waals surface area contributed by atoms with Gasteiger partial charge in [-0.3, -0.25) is 4.79 Å². The van der Waals surface area contributed by atoms with Crippen LogP contribution >= 0.6 is 0 Å². The number of benzene rings is 3. The summed E-state index contributed by atoms with van der Waals surface area (Å²) >= 11 is 0. The molecule has 3 rings (SSSR count). The average Bonchev–Trinajstić information content (AvgIpc) is 2.73. The fourth-order valence-electron chi connectivity index (χ4n) is 2.68. The van der Waals surface area contributed by atoms with Crippen LogP contribution in [0.25, 0.3) is 0 Å². The molecule has 3 aromatic carbocycles. The fraction of sp³-hybridized carbons (Fsp3) is 0.174.